The maximum absolute atomic E-state index is 11.0. The number of aliphatic hydroxyl groups excluding tert-OH is 1. The van der Waals surface area contributed by atoms with Gasteiger partial charge in [-0.25, -0.2) is 9.59 Å². The van der Waals surface area contributed by atoms with Crippen molar-refractivity contribution in [3.63, 3.8) is 0 Å². The fraction of sp³-hybridized carbons (Fsp3) is 0.714. The number of rotatable bonds is 2. The summed E-state index contributed by atoms with van der Waals surface area (Å²) >= 11 is 0. The van der Waals surface area contributed by atoms with Crippen molar-refractivity contribution in [2.45, 2.75) is 18.9 Å². The van der Waals surface area contributed by atoms with Crippen LogP contribution in [0.3, 0.4) is 0 Å². The molecule has 1 fully saturated rings. The van der Waals surface area contributed by atoms with E-state index < -0.39 is 24.9 Å². The van der Waals surface area contributed by atoms with Crippen molar-refractivity contribution in [2.24, 2.45) is 0 Å². The lowest BCUT2D eigenvalue weighted by molar-refractivity contribution is -0.141. The van der Waals surface area contributed by atoms with Crippen molar-refractivity contribution in [1.82, 2.24) is 4.90 Å². The molecule has 13 heavy (non-hydrogen) atoms. The van der Waals surface area contributed by atoms with Crippen molar-refractivity contribution in [1.29, 1.82) is 0 Å². The number of aliphatic carboxylic acids is 1. The summed E-state index contributed by atoms with van der Waals surface area (Å²) in [5.74, 6) is -1.03. The topological polar surface area (TPSA) is 87.1 Å². The number of hydrogen-bond acceptors (Lipinski definition) is 4. The number of carbonyl (C=O) groups excluding carboxylic acids is 1. The third kappa shape index (κ3) is 2.09. The van der Waals surface area contributed by atoms with Gasteiger partial charge in [0.25, 0.3) is 0 Å². The fourth-order valence-corrected chi connectivity index (χ4v) is 1.38. The van der Waals surface area contributed by atoms with Gasteiger partial charge in [0.05, 0.1) is 0 Å². The van der Waals surface area contributed by atoms with Crippen LogP contribution in [0.1, 0.15) is 12.8 Å². The van der Waals surface area contributed by atoms with Gasteiger partial charge in [0.15, 0.2) is 6.79 Å². The normalized spacial score (nSPS) is 21.6. The van der Waals surface area contributed by atoms with Gasteiger partial charge in [0.2, 0.25) is 0 Å². The number of aliphatic hydroxyl groups is 1. The molecule has 6 nitrogen and oxygen atoms in total. The summed E-state index contributed by atoms with van der Waals surface area (Å²) in [5.41, 5.74) is 0. The lowest BCUT2D eigenvalue weighted by Crippen LogP contribution is -2.40. The average Bonchev–Trinajstić information content (AvgIpc) is 2.52. The number of carboxylic acids is 1. The third-order valence-corrected chi connectivity index (χ3v) is 1.96. The number of amides is 1. The smallest absolute Gasteiger partial charge is 0.412 e. The van der Waals surface area contributed by atoms with Gasteiger partial charge in [0.1, 0.15) is 6.04 Å². The van der Waals surface area contributed by atoms with Gasteiger partial charge < -0.3 is 14.9 Å². The van der Waals surface area contributed by atoms with E-state index >= 15 is 0 Å². The van der Waals surface area contributed by atoms with E-state index in [1.165, 1.54) is 0 Å². The zero-order valence-corrected chi connectivity index (χ0v) is 6.97. The summed E-state index contributed by atoms with van der Waals surface area (Å²) in [6, 6.07) is -0.806. The summed E-state index contributed by atoms with van der Waals surface area (Å²) < 4.78 is 4.29. The molecule has 1 saturated heterocycles. The van der Waals surface area contributed by atoms with Crippen LogP contribution in [0.2, 0.25) is 0 Å². The highest BCUT2D eigenvalue weighted by atomic mass is 16.6. The second-order valence-corrected chi connectivity index (χ2v) is 2.73. The van der Waals surface area contributed by atoms with Gasteiger partial charge in [-0.05, 0) is 12.8 Å². The van der Waals surface area contributed by atoms with Crippen LogP contribution in [0.15, 0.2) is 0 Å². The van der Waals surface area contributed by atoms with Crippen molar-refractivity contribution in [2.75, 3.05) is 13.3 Å². The van der Waals surface area contributed by atoms with Gasteiger partial charge in [-0.2, -0.15) is 0 Å². The number of carbonyl (C=O) groups is 2. The molecule has 1 amide bonds. The molecule has 0 radical (unpaired) electrons. The summed E-state index contributed by atoms with van der Waals surface area (Å²) in [4.78, 5) is 22.8. The van der Waals surface area contributed by atoms with Crippen molar-refractivity contribution >= 4 is 12.1 Å². The standard InChI is InChI=1S/C7H11NO5/c9-4-13-7(12)8-3-1-2-5(8)6(10)11/h5,9H,1-4H2,(H,10,11). The first-order valence-corrected chi connectivity index (χ1v) is 3.94. The molecule has 0 aliphatic carbocycles. The molecule has 1 aliphatic heterocycles. The Labute approximate surface area is 74.7 Å². The highest BCUT2D eigenvalue weighted by molar-refractivity contribution is 5.80. The molecule has 6 heteroatoms. The van der Waals surface area contributed by atoms with E-state index in [1.54, 1.807) is 0 Å². The zero-order chi connectivity index (χ0) is 9.84. The summed E-state index contributed by atoms with van der Waals surface area (Å²) in [7, 11) is 0. The number of nitrogens with zero attached hydrogens (tertiary/aromatic N) is 1. The third-order valence-electron chi connectivity index (χ3n) is 1.96. The van der Waals surface area contributed by atoms with Crippen molar-refractivity contribution in [3.8, 4) is 0 Å². The van der Waals surface area contributed by atoms with E-state index in [1.807, 2.05) is 0 Å². The zero-order valence-electron chi connectivity index (χ0n) is 6.97. The molecule has 0 aromatic carbocycles. The van der Waals surface area contributed by atoms with Crippen LogP contribution in [0.4, 0.5) is 4.79 Å². The second kappa shape index (κ2) is 4.08. The minimum absolute atomic E-state index is 0.371. The van der Waals surface area contributed by atoms with Gasteiger partial charge in [-0.3, -0.25) is 4.90 Å². The van der Waals surface area contributed by atoms with Crippen LogP contribution in [-0.4, -0.2) is 46.6 Å². The van der Waals surface area contributed by atoms with E-state index in [0.717, 1.165) is 4.90 Å². The maximum Gasteiger partial charge on any atom is 0.412 e. The SMILES string of the molecule is O=C(O)C1CCCN1C(=O)OCO. The summed E-state index contributed by atoms with van der Waals surface area (Å²) in [6.45, 7) is -0.350. The van der Waals surface area contributed by atoms with Crippen LogP contribution in [0.25, 0.3) is 0 Å². The lowest BCUT2D eigenvalue weighted by atomic mass is 10.2. The molecule has 2 N–H and O–H groups in total. The van der Waals surface area contributed by atoms with Crippen LogP contribution in [-0.2, 0) is 9.53 Å². The molecule has 0 bridgehead atoms. The Bertz CT molecular complexity index is 217. The van der Waals surface area contributed by atoms with E-state index in [9.17, 15) is 9.59 Å². The molecule has 0 spiro atoms. The van der Waals surface area contributed by atoms with Crippen LogP contribution < -0.4 is 0 Å². The van der Waals surface area contributed by atoms with Crippen LogP contribution in [0.5, 0.6) is 0 Å². The Hall–Kier alpha value is -1.30. The molecule has 1 unspecified atom stereocenters. The van der Waals surface area contributed by atoms with Crippen LogP contribution in [0, 0.1) is 0 Å². The predicted octanol–water partition coefficient (Wildman–Crippen LogP) is -0.378. The van der Waals surface area contributed by atoms with Crippen LogP contribution >= 0.6 is 0 Å². The number of likely N-dealkylation sites (tertiary alicyclic amines) is 1. The first-order valence-electron chi connectivity index (χ1n) is 3.94. The Morgan fingerprint density at radius 3 is 2.77 bits per heavy atom. The van der Waals surface area contributed by atoms with Crippen molar-refractivity contribution < 1.29 is 24.5 Å². The quantitative estimate of drug-likeness (QED) is 0.578. The Morgan fingerprint density at radius 2 is 2.23 bits per heavy atom. The molecule has 0 aromatic rings. The Morgan fingerprint density at radius 1 is 1.54 bits per heavy atom. The fourth-order valence-electron chi connectivity index (χ4n) is 1.38. The van der Waals surface area contributed by atoms with E-state index in [2.05, 4.69) is 4.74 Å². The molecule has 74 valence electrons. The Balaban J connectivity index is 2.57. The Kier molecular flexibility index (Phi) is 3.07. The largest absolute Gasteiger partial charge is 0.480 e. The summed E-state index contributed by atoms with van der Waals surface area (Å²) in [6.07, 6.45) is 0.320. The molecule has 1 heterocycles. The molecule has 0 saturated carbocycles. The van der Waals surface area contributed by atoms with E-state index in [4.69, 9.17) is 10.2 Å². The first kappa shape index (κ1) is 9.79. The molecule has 1 atom stereocenters. The number of hydrogen-bond donors (Lipinski definition) is 2. The molecular weight excluding hydrogens is 178 g/mol. The second-order valence-electron chi connectivity index (χ2n) is 2.73. The highest BCUT2D eigenvalue weighted by Gasteiger charge is 2.34. The average molecular weight is 189 g/mol. The van der Waals surface area contributed by atoms with Gasteiger partial charge >= 0.3 is 12.1 Å². The molecule has 1 aliphatic rings. The van der Waals surface area contributed by atoms with E-state index in [0.29, 0.717) is 19.4 Å². The van der Waals surface area contributed by atoms with E-state index in [-0.39, 0.29) is 0 Å². The first-order chi connectivity index (χ1) is 6.16. The minimum atomic E-state index is -1.03. The van der Waals surface area contributed by atoms with Gasteiger partial charge in [-0.1, -0.05) is 0 Å². The number of carboxylic acid groups (broad SMARTS) is 1. The molecule has 0 aromatic heterocycles. The molecular formula is C7H11NO5. The monoisotopic (exact) mass is 189 g/mol. The minimum Gasteiger partial charge on any atom is -0.480 e. The summed E-state index contributed by atoms with van der Waals surface area (Å²) in [5, 5.41) is 17.0. The predicted molar refractivity (Wildman–Crippen MR) is 40.9 cm³/mol. The number of ether oxygens (including phenoxy) is 1. The lowest BCUT2D eigenvalue weighted by Gasteiger charge is -2.19. The van der Waals surface area contributed by atoms with Gasteiger partial charge in [0, 0.05) is 6.54 Å². The van der Waals surface area contributed by atoms with Gasteiger partial charge in [-0.15, -0.1) is 0 Å². The van der Waals surface area contributed by atoms with Crippen molar-refractivity contribution in [3.05, 3.63) is 0 Å². The molecule has 1 rings (SSSR count). The maximum atomic E-state index is 11.0. The highest BCUT2D eigenvalue weighted by Crippen LogP contribution is 2.17.